The number of alkyl halides is 3. The molecule has 4 heteroatoms. The molecule has 1 atom stereocenters. The van der Waals surface area contributed by atoms with E-state index in [4.69, 9.17) is 0 Å². The predicted molar refractivity (Wildman–Crippen MR) is 59.3 cm³/mol. The third kappa shape index (κ3) is 5.19. The minimum absolute atomic E-state index is 0.200. The second kappa shape index (κ2) is 5.39. The molecule has 0 aromatic carbocycles. The number of halogens is 3. The van der Waals surface area contributed by atoms with Gasteiger partial charge in [0.2, 0.25) is 0 Å². The van der Waals surface area contributed by atoms with Gasteiger partial charge in [-0.15, -0.1) is 0 Å². The van der Waals surface area contributed by atoms with Crippen molar-refractivity contribution in [2.45, 2.75) is 64.6 Å². The summed E-state index contributed by atoms with van der Waals surface area (Å²) >= 11 is 0. The van der Waals surface area contributed by atoms with Crippen LogP contribution in [0.1, 0.15) is 52.4 Å². The Labute approximate surface area is 95.8 Å². The van der Waals surface area contributed by atoms with E-state index in [1.807, 2.05) is 6.92 Å². The van der Waals surface area contributed by atoms with Gasteiger partial charge in [-0.1, -0.05) is 6.92 Å². The maximum Gasteiger partial charge on any atom is 0.389 e. The molecule has 1 nitrogen and oxygen atoms in total. The molecule has 1 aliphatic rings. The Morgan fingerprint density at radius 3 is 2.38 bits per heavy atom. The van der Waals surface area contributed by atoms with Crippen LogP contribution in [0.15, 0.2) is 0 Å². The Kier molecular flexibility index (Phi) is 4.65. The average molecular weight is 237 g/mol. The first-order valence-electron chi connectivity index (χ1n) is 6.17. The molecule has 0 aromatic heterocycles. The lowest BCUT2D eigenvalue weighted by molar-refractivity contribution is -0.135. The third-order valence-electron chi connectivity index (χ3n) is 3.63. The highest BCUT2D eigenvalue weighted by atomic mass is 19.4. The van der Waals surface area contributed by atoms with Gasteiger partial charge in [-0.25, -0.2) is 0 Å². The smallest absolute Gasteiger partial charge is 0.314 e. The highest BCUT2D eigenvalue weighted by molar-refractivity contribution is 4.93. The molecule has 0 saturated heterocycles. The third-order valence-corrected chi connectivity index (χ3v) is 3.63. The van der Waals surface area contributed by atoms with Gasteiger partial charge in [0.1, 0.15) is 0 Å². The van der Waals surface area contributed by atoms with Crippen LogP contribution >= 0.6 is 0 Å². The maximum atomic E-state index is 11.9. The van der Waals surface area contributed by atoms with E-state index in [1.54, 1.807) is 0 Å². The van der Waals surface area contributed by atoms with E-state index < -0.39 is 12.6 Å². The van der Waals surface area contributed by atoms with Gasteiger partial charge < -0.3 is 5.32 Å². The van der Waals surface area contributed by atoms with Crippen molar-refractivity contribution >= 4 is 0 Å². The SMILES string of the molecule is CCC1(CNC(C)CCCC(F)(F)F)CC1. The molecule has 1 aliphatic carbocycles. The lowest BCUT2D eigenvalue weighted by Crippen LogP contribution is -2.32. The zero-order valence-corrected chi connectivity index (χ0v) is 10.2. The predicted octanol–water partition coefficient (Wildman–Crippen LogP) is 3.89. The van der Waals surface area contributed by atoms with Crippen molar-refractivity contribution in [3.63, 3.8) is 0 Å². The van der Waals surface area contributed by atoms with E-state index in [9.17, 15) is 13.2 Å². The molecule has 0 spiro atoms. The molecule has 16 heavy (non-hydrogen) atoms. The molecule has 0 radical (unpaired) electrons. The van der Waals surface area contributed by atoms with Crippen molar-refractivity contribution in [1.29, 1.82) is 0 Å². The summed E-state index contributed by atoms with van der Waals surface area (Å²) in [4.78, 5) is 0. The van der Waals surface area contributed by atoms with Crippen LogP contribution in [0.2, 0.25) is 0 Å². The van der Waals surface area contributed by atoms with Crippen LogP contribution in [0.3, 0.4) is 0 Å². The van der Waals surface area contributed by atoms with Crippen LogP contribution in [0.25, 0.3) is 0 Å². The molecular formula is C12H22F3N. The second-order valence-electron chi connectivity index (χ2n) is 5.14. The van der Waals surface area contributed by atoms with Crippen LogP contribution in [-0.2, 0) is 0 Å². The zero-order valence-electron chi connectivity index (χ0n) is 10.2. The summed E-state index contributed by atoms with van der Waals surface area (Å²) in [5.74, 6) is 0. The second-order valence-corrected chi connectivity index (χ2v) is 5.14. The van der Waals surface area contributed by atoms with Crippen molar-refractivity contribution in [1.82, 2.24) is 5.32 Å². The van der Waals surface area contributed by atoms with Crippen molar-refractivity contribution < 1.29 is 13.2 Å². The van der Waals surface area contributed by atoms with Gasteiger partial charge in [-0.2, -0.15) is 13.2 Å². The zero-order chi connectivity index (χ0) is 12.2. The molecule has 0 amide bonds. The Morgan fingerprint density at radius 2 is 1.94 bits per heavy atom. The van der Waals surface area contributed by atoms with E-state index in [0.29, 0.717) is 11.8 Å². The van der Waals surface area contributed by atoms with Gasteiger partial charge >= 0.3 is 6.18 Å². The standard InChI is InChI=1S/C12H22F3N/c1-3-11(7-8-11)9-16-10(2)5-4-6-12(13,14)15/h10,16H,3-9H2,1-2H3. The molecule has 1 fully saturated rings. The number of rotatable bonds is 7. The summed E-state index contributed by atoms with van der Waals surface area (Å²) < 4.78 is 35.8. The van der Waals surface area contributed by atoms with Gasteiger partial charge in [0, 0.05) is 19.0 Å². The number of nitrogens with one attached hydrogen (secondary N) is 1. The van der Waals surface area contributed by atoms with Crippen LogP contribution in [0, 0.1) is 5.41 Å². The van der Waals surface area contributed by atoms with Crippen molar-refractivity contribution in [2.24, 2.45) is 5.41 Å². The van der Waals surface area contributed by atoms with Crippen molar-refractivity contribution in [3.05, 3.63) is 0 Å². The van der Waals surface area contributed by atoms with Crippen molar-refractivity contribution in [3.8, 4) is 0 Å². The molecule has 0 bridgehead atoms. The van der Waals surface area contributed by atoms with E-state index >= 15 is 0 Å². The molecule has 1 N–H and O–H groups in total. The summed E-state index contributed by atoms with van der Waals surface area (Å²) in [5, 5.41) is 3.36. The minimum atomic E-state index is -4.00. The lowest BCUT2D eigenvalue weighted by Gasteiger charge is -2.19. The van der Waals surface area contributed by atoms with Crippen LogP contribution in [-0.4, -0.2) is 18.8 Å². The summed E-state index contributed by atoms with van der Waals surface area (Å²) in [6.45, 7) is 5.13. The fourth-order valence-corrected chi connectivity index (χ4v) is 1.93. The Balaban J connectivity index is 2.05. The van der Waals surface area contributed by atoms with Crippen LogP contribution in [0.4, 0.5) is 13.2 Å². The molecule has 96 valence electrons. The normalized spacial score (nSPS) is 20.8. The fourth-order valence-electron chi connectivity index (χ4n) is 1.93. The fraction of sp³-hybridized carbons (Fsp3) is 1.00. The van der Waals surface area contributed by atoms with Gasteiger partial charge in [0.25, 0.3) is 0 Å². The van der Waals surface area contributed by atoms with Gasteiger partial charge in [0.05, 0.1) is 0 Å². The molecule has 1 saturated carbocycles. The first-order valence-corrected chi connectivity index (χ1v) is 6.17. The molecule has 1 unspecified atom stereocenters. The van der Waals surface area contributed by atoms with E-state index in [0.717, 1.165) is 6.54 Å². The topological polar surface area (TPSA) is 12.0 Å². The van der Waals surface area contributed by atoms with Crippen LogP contribution in [0.5, 0.6) is 0 Å². The minimum Gasteiger partial charge on any atom is -0.314 e. The molecule has 0 aliphatic heterocycles. The summed E-state index contributed by atoms with van der Waals surface area (Å²) in [5.41, 5.74) is 0.471. The van der Waals surface area contributed by atoms with Gasteiger partial charge in [0.15, 0.2) is 0 Å². The average Bonchev–Trinajstić information content (AvgIpc) is 2.93. The largest absolute Gasteiger partial charge is 0.389 e. The highest BCUT2D eigenvalue weighted by Crippen LogP contribution is 2.47. The summed E-state index contributed by atoms with van der Waals surface area (Å²) in [7, 11) is 0. The molecule has 1 rings (SSSR count). The summed E-state index contributed by atoms with van der Waals surface area (Å²) in [6.07, 6.45) is -0.0955. The first kappa shape index (κ1) is 13.8. The van der Waals surface area contributed by atoms with Crippen LogP contribution < -0.4 is 5.32 Å². The van der Waals surface area contributed by atoms with E-state index in [1.165, 1.54) is 19.3 Å². The first-order chi connectivity index (χ1) is 7.37. The van der Waals surface area contributed by atoms with Crippen molar-refractivity contribution in [2.75, 3.05) is 6.54 Å². The van der Waals surface area contributed by atoms with Gasteiger partial charge in [-0.3, -0.25) is 0 Å². The number of hydrogen-bond acceptors (Lipinski definition) is 1. The van der Waals surface area contributed by atoms with E-state index in [2.05, 4.69) is 12.2 Å². The Hall–Kier alpha value is -0.250. The Morgan fingerprint density at radius 1 is 1.31 bits per heavy atom. The van der Waals surface area contributed by atoms with Gasteiger partial charge in [-0.05, 0) is 44.4 Å². The summed E-state index contributed by atoms with van der Waals surface area (Å²) in [6, 6.07) is 0.200. The highest BCUT2D eigenvalue weighted by Gasteiger charge is 2.40. The lowest BCUT2D eigenvalue weighted by atomic mass is 10.0. The number of hydrogen-bond donors (Lipinski definition) is 1. The molecular weight excluding hydrogens is 215 g/mol. The quantitative estimate of drug-likeness (QED) is 0.708. The van der Waals surface area contributed by atoms with E-state index in [-0.39, 0.29) is 12.5 Å². The monoisotopic (exact) mass is 237 g/mol. The Bertz CT molecular complexity index is 209. The maximum absolute atomic E-state index is 11.9. The molecule has 0 heterocycles. The molecule has 0 aromatic rings.